The predicted octanol–water partition coefficient (Wildman–Crippen LogP) is 3.30. The number of hydrogen-bond donors (Lipinski definition) is 1. The molecule has 2 heterocycles. The predicted molar refractivity (Wildman–Crippen MR) is 82.0 cm³/mol. The number of nitrogens with zero attached hydrogens (tertiary/aromatic N) is 3. The van der Waals surface area contributed by atoms with Crippen LogP contribution in [0.1, 0.15) is 23.9 Å². The van der Waals surface area contributed by atoms with E-state index in [1.807, 2.05) is 30.6 Å². The first-order chi connectivity index (χ1) is 9.20. The number of anilines is 2. The number of nitrogens with one attached hydrogen (secondary N) is 1. The van der Waals surface area contributed by atoms with Gasteiger partial charge in [-0.25, -0.2) is 9.97 Å². The van der Waals surface area contributed by atoms with Crippen molar-refractivity contribution in [1.29, 1.82) is 0 Å². The van der Waals surface area contributed by atoms with Crippen LogP contribution in [0.25, 0.3) is 0 Å². The summed E-state index contributed by atoms with van der Waals surface area (Å²) in [5.74, 6) is 1.92. The molecule has 0 saturated heterocycles. The van der Waals surface area contributed by atoms with Gasteiger partial charge in [-0.3, -0.25) is 0 Å². The molecule has 19 heavy (non-hydrogen) atoms. The lowest BCUT2D eigenvalue weighted by molar-refractivity contribution is 0.897. The minimum atomic E-state index is 0.848. The van der Waals surface area contributed by atoms with Crippen LogP contribution >= 0.6 is 11.3 Å². The number of rotatable bonds is 6. The fourth-order valence-corrected chi connectivity index (χ4v) is 2.59. The fourth-order valence-electron chi connectivity index (χ4n) is 1.76. The molecule has 0 bridgehead atoms. The molecule has 2 aromatic rings. The van der Waals surface area contributed by atoms with Gasteiger partial charge in [-0.2, -0.15) is 0 Å². The summed E-state index contributed by atoms with van der Waals surface area (Å²) in [6, 6.07) is 6.08. The third kappa shape index (κ3) is 3.67. The fraction of sp³-hybridized carbons (Fsp3) is 0.429. The highest BCUT2D eigenvalue weighted by Gasteiger charge is 2.08. The summed E-state index contributed by atoms with van der Waals surface area (Å²) < 4.78 is 0. The standard InChI is InChI=1S/C14H20N4S/c1-4-8-15-13-6-5-7-14(17-13)18(3)9-12-11(2)16-10-19-12/h5-7,10H,4,8-9H2,1-3H3,(H,15,17). The molecule has 0 saturated carbocycles. The Bertz CT molecular complexity index is 524. The van der Waals surface area contributed by atoms with Crippen molar-refractivity contribution in [1.82, 2.24) is 9.97 Å². The van der Waals surface area contributed by atoms with Crippen LogP contribution in [0.15, 0.2) is 23.7 Å². The Morgan fingerprint density at radius 1 is 1.37 bits per heavy atom. The highest BCUT2D eigenvalue weighted by Crippen LogP contribution is 2.19. The van der Waals surface area contributed by atoms with Gasteiger partial charge in [0.2, 0.25) is 0 Å². The van der Waals surface area contributed by atoms with Crippen LogP contribution in [0.5, 0.6) is 0 Å². The van der Waals surface area contributed by atoms with Crippen LogP contribution < -0.4 is 10.2 Å². The molecule has 0 spiro atoms. The third-order valence-electron chi connectivity index (χ3n) is 2.91. The second kappa shape index (κ2) is 6.52. The van der Waals surface area contributed by atoms with E-state index in [0.717, 1.165) is 36.8 Å². The summed E-state index contributed by atoms with van der Waals surface area (Å²) in [6.07, 6.45) is 1.10. The van der Waals surface area contributed by atoms with Crippen LogP contribution in [-0.4, -0.2) is 23.6 Å². The van der Waals surface area contributed by atoms with Gasteiger partial charge in [-0.05, 0) is 25.5 Å². The molecule has 2 rings (SSSR count). The first-order valence-corrected chi connectivity index (χ1v) is 7.39. The minimum Gasteiger partial charge on any atom is -0.370 e. The summed E-state index contributed by atoms with van der Waals surface area (Å²) in [5.41, 5.74) is 3.00. The molecular formula is C14H20N4S. The summed E-state index contributed by atoms with van der Waals surface area (Å²) >= 11 is 1.69. The van der Waals surface area contributed by atoms with Crippen molar-refractivity contribution in [3.05, 3.63) is 34.3 Å². The van der Waals surface area contributed by atoms with E-state index in [1.165, 1.54) is 4.88 Å². The van der Waals surface area contributed by atoms with Crippen LogP contribution in [0, 0.1) is 6.92 Å². The van der Waals surface area contributed by atoms with Crippen molar-refractivity contribution in [2.45, 2.75) is 26.8 Å². The van der Waals surface area contributed by atoms with Crippen molar-refractivity contribution in [2.75, 3.05) is 23.8 Å². The molecule has 0 aliphatic rings. The first kappa shape index (κ1) is 13.8. The molecule has 0 aliphatic carbocycles. The number of aromatic nitrogens is 2. The van der Waals surface area contributed by atoms with Crippen molar-refractivity contribution in [2.24, 2.45) is 0 Å². The van der Waals surface area contributed by atoms with Gasteiger partial charge in [-0.1, -0.05) is 13.0 Å². The van der Waals surface area contributed by atoms with Gasteiger partial charge in [-0.15, -0.1) is 11.3 Å². The van der Waals surface area contributed by atoms with Crippen molar-refractivity contribution >= 4 is 23.0 Å². The normalized spacial score (nSPS) is 10.5. The number of hydrogen-bond acceptors (Lipinski definition) is 5. The van der Waals surface area contributed by atoms with Crippen molar-refractivity contribution < 1.29 is 0 Å². The molecule has 2 aromatic heterocycles. The van der Waals surface area contributed by atoms with E-state index in [4.69, 9.17) is 0 Å². The van der Waals surface area contributed by atoms with Crippen LogP contribution in [-0.2, 0) is 6.54 Å². The van der Waals surface area contributed by atoms with E-state index in [2.05, 4.69) is 34.2 Å². The van der Waals surface area contributed by atoms with E-state index in [0.29, 0.717) is 0 Å². The van der Waals surface area contributed by atoms with Crippen LogP contribution in [0.4, 0.5) is 11.6 Å². The molecule has 0 unspecified atom stereocenters. The maximum atomic E-state index is 4.62. The van der Waals surface area contributed by atoms with Gasteiger partial charge < -0.3 is 10.2 Å². The summed E-state index contributed by atoms with van der Waals surface area (Å²) in [4.78, 5) is 12.3. The third-order valence-corrected chi connectivity index (χ3v) is 3.83. The van der Waals surface area contributed by atoms with Gasteiger partial charge in [0.05, 0.1) is 17.7 Å². The maximum absolute atomic E-state index is 4.62. The van der Waals surface area contributed by atoms with Gasteiger partial charge in [0.25, 0.3) is 0 Å². The second-order valence-corrected chi connectivity index (χ2v) is 5.46. The van der Waals surface area contributed by atoms with Crippen molar-refractivity contribution in [3.8, 4) is 0 Å². The summed E-state index contributed by atoms with van der Waals surface area (Å²) in [6.45, 7) is 6.00. The largest absolute Gasteiger partial charge is 0.370 e. The van der Waals surface area contributed by atoms with E-state index in [9.17, 15) is 0 Å². The average Bonchev–Trinajstić information content (AvgIpc) is 2.82. The number of aryl methyl sites for hydroxylation is 1. The molecule has 102 valence electrons. The molecule has 5 heteroatoms. The van der Waals surface area contributed by atoms with E-state index in [1.54, 1.807) is 11.3 Å². The van der Waals surface area contributed by atoms with Crippen LogP contribution in [0.3, 0.4) is 0 Å². The monoisotopic (exact) mass is 276 g/mol. The molecule has 0 radical (unpaired) electrons. The Morgan fingerprint density at radius 2 is 2.21 bits per heavy atom. The Balaban J connectivity index is 2.06. The average molecular weight is 276 g/mol. The Morgan fingerprint density at radius 3 is 2.89 bits per heavy atom. The van der Waals surface area contributed by atoms with Gasteiger partial charge in [0, 0.05) is 18.5 Å². The molecule has 0 aromatic carbocycles. The highest BCUT2D eigenvalue weighted by molar-refractivity contribution is 7.09. The van der Waals surface area contributed by atoms with Gasteiger partial charge in [0.15, 0.2) is 0 Å². The topological polar surface area (TPSA) is 41.0 Å². The number of thiazole rings is 1. The molecule has 0 aliphatic heterocycles. The minimum absolute atomic E-state index is 0.848. The smallest absolute Gasteiger partial charge is 0.131 e. The van der Waals surface area contributed by atoms with Gasteiger partial charge >= 0.3 is 0 Å². The van der Waals surface area contributed by atoms with E-state index >= 15 is 0 Å². The van der Waals surface area contributed by atoms with Gasteiger partial charge in [0.1, 0.15) is 11.6 Å². The molecule has 4 nitrogen and oxygen atoms in total. The lowest BCUT2D eigenvalue weighted by Gasteiger charge is -2.18. The summed E-state index contributed by atoms with van der Waals surface area (Å²) in [7, 11) is 2.06. The van der Waals surface area contributed by atoms with Crippen LogP contribution in [0.2, 0.25) is 0 Å². The zero-order chi connectivity index (χ0) is 13.7. The first-order valence-electron chi connectivity index (χ1n) is 6.51. The van der Waals surface area contributed by atoms with E-state index < -0.39 is 0 Å². The zero-order valence-corrected chi connectivity index (χ0v) is 12.5. The lowest BCUT2D eigenvalue weighted by Crippen LogP contribution is -2.18. The molecule has 0 fully saturated rings. The molecule has 0 atom stereocenters. The second-order valence-electron chi connectivity index (χ2n) is 4.52. The maximum Gasteiger partial charge on any atom is 0.131 e. The zero-order valence-electron chi connectivity index (χ0n) is 11.7. The SMILES string of the molecule is CCCNc1cccc(N(C)Cc2scnc2C)n1. The Labute approximate surface area is 118 Å². The highest BCUT2D eigenvalue weighted by atomic mass is 32.1. The lowest BCUT2D eigenvalue weighted by atomic mass is 10.3. The molecular weight excluding hydrogens is 256 g/mol. The van der Waals surface area contributed by atoms with Crippen molar-refractivity contribution in [3.63, 3.8) is 0 Å². The number of pyridine rings is 1. The quantitative estimate of drug-likeness (QED) is 0.879. The summed E-state index contributed by atoms with van der Waals surface area (Å²) in [5, 5.41) is 3.31. The molecule has 1 N–H and O–H groups in total. The van der Waals surface area contributed by atoms with E-state index in [-0.39, 0.29) is 0 Å². The Kier molecular flexibility index (Phi) is 4.74. The molecule has 0 amide bonds. The Hall–Kier alpha value is -1.62.